The van der Waals surface area contributed by atoms with Crippen molar-refractivity contribution in [3.8, 4) is 0 Å². The maximum Gasteiger partial charge on any atom is 0.136 e. The van der Waals surface area contributed by atoms with Crippen LogP contribution >= 0.6 is 0 Å². The van der Waals surface area contributed by atoms with Crippen LogP contribution in [0.4, 0.5) is 4.39 Å². The van der Waals surface area contributed by atoms with Crippen molar-refractivity contribution in [2.45, 2.75) is 70.2 Å². The normalized spacial score (nSPS) is 26.8. The van der Waals surface area contributed by atoms with Gasteiger partial charge in [-0.1, -0.05) is 6.42 Å². The van der Waals surface area contributed by atoms with E-state index in [1.807, 2.05) is 20.8 Å². The summed E-state index contributed by atoms with van der Waals surface area (Å²) in [5, 5.41) is 0. The summed E-state index contributed by atoms with van der Waals surface area (Å²) in [6.45, 7) is 8.04. The number of rotatable bonds is 3. The molecule has 1 aliphatic heterocycles. The number of likely N-dealkylation sites (tertiary alicyclic amines) is 1. The minimum absolute atomic E-state index is 0.232. The fourth-order valence-corrected chi connectivity index (χ4v) is 2.53. The SMILES string of the molecule is CC(C)(C)OCC1(F)CCN(C2CCC2)CC1. The van der Waals surface area contributed by atoms with Gasteiger partial charge in [0.1, 0.15) is 5.67 Å². The highest BCUT2D eigenvalue weighted by molar-refractivity contribution is 4.91. The molecule has 0 atom stereocenters. The Morgan fingerprint density at radius 1 is 1.24 bits per heavy atom. The summed E-state index contributed by atoms with van der Waals surface area (Å²) >= 11 is 0. The molecule has 100 valence electrons. The van der Waals surface area contributed by atoms with Crippen LogP contribution in [0.3, 0.4) is 0 Å². The van der Waals surface area contributed by atoms with Crippen molar-refractivity contribution in [2.75, 3.05) is 19.7 Å². The van der Waals surface area contributed by atoms with E-state index in [2.05, 4.69) is 4.90 Å². The van der Waals surface area contributed by atoms with E-state index in [4.69, 9.17) is 4.74 Å². The predicted molar refractivity (Wildman–Crippen MR) is 68.0 cm³/mol. The number of halogens is 1. The maximum atomic E-state index is 14.5. The fourth-order valence-electron chi connectivity index (χ4n) is 2.53. The Labute approximate surface area is 105 Å². The van der Waals surface area contributed by atoms with Crippen molar-refractivity contribution < 1.29 is 9.13 Å². The molecule has 1 saturated carbocycles. The Morgan fingerprint density at radius 2 is 1.82 bits per heavy atom. The molecule has 2 fully saturated rings. The lowest BCUT2D eigenvalue weighted by molar-refractivity contribution is -0.0887. The Bertz CT molecular complexity index is 249. The zero-order chi connectivity index (χ0) is 12.5. The van der Waals surface area contributed by atoms with Gasteiger partial charge in [-0.25, -0.2) is 4.39 Å². The molecule has 1 saturated heterocycles. The topological polar surface area (TPSA) is 12.5 Å². The zero-order valence-electron chi connectivity index (χ0n) is 11.5. The second-order valence-electron chi connectivity index (χ2n) is 6.67. The minimum Gasteiger partial charge on any atom is -0.373 e. The van der Waals surface area contributed by atoms with E-state index in [1.54, 1.807) is 0 Å². The average Bonchev–Trinajstić information content (AvgIpc) is 2.16. The van der Waals surface area contributed by atoms with Crippen molar-refractivity contribution >= 4 is 0 Å². The molecular weight excluding hydrogens is 217 g/mol. The highest BCUT2D eigenvalue weighted by atomic mass is 19.1. The van der Waals surface area contributed by atoms with Gasteiger partial charge in [-0.3, -0.25) is 0 Å². The van der Waals surface area contributed by atoms with Crippen LogP contribution in [0, 0.1) is 0 Å². The van der Waals surface area contributed by atoms with Gasteiger partial charge in [0, 0.05) is 19.1 Å². The van der Waals surface area contributed by atoms with Gasteiger partial charge in [0.2, 0.25) is 0 Å². The monoisotopic (exact) mass is 243 g/mol. The summed E-state index contributed by atoms with van der Waals surface area (Å²) in [6, 6.07) is 0.753. The maximum absolute atomic E-state index is 14.5. The molecule has 2 rings (SSSR count). The van der Waals surface area contributed by atoms with Gasteiger partial charge in [0.15, 0.2) is 0 Å². The summed E-state index contributed by atoms with van der Waals surface area (Å²) in [4.78, 5) is 2.47. The van der Waals surface area contributed by atoms with Crippen LogP contribution in [-0.2, 0) is 4.74 Å². The lowest BCUT2D eigenvalue weighted by atomic mass is 9.87. The standard InChI is InChI=1S/C14H26FNO/c1-13(2,3)17-11-14(15)7-9-16(10-8-14)12-5-4-6-12/h12H,4-11H2,1-3H3. The third-order valence-electron chi connectivity index (χ3n) is 4.05. The molecule has 0 aromatic rings. The van der Waals surface area contributed by atoms with E-state index in [1.165, 1.54) is 19.3 Å². The number of hydrogen-bond acceptors (Lipinski definition) is 2. The number of nitrogens with zero attached hydrogens (tertiary/aromatic N) is 1. The summed E-state index contributed by atoms with van der Waals surface area (Å²) in [6.07, 6.45) is 5.27. The first-order valence-electron chi connectivity index (χ1n) is 6.95. The van der Waals surface area contributed by atoms with Gasteiger partial charge in [-0.15, -0.1) is 0 Å². The van der Waals surface area contributed by atoms with E-state index >= 15 is 0 Å². The van der Waals surface area contributed by atoms with Crippen LogP contribution in [0.5, 0.6) is 0 Å². The molecule has 3 heteroatoms. The van der Waals surface area contributed by atoms with Gasteiger partial charge < -0.3 is 9.64 Å². The number of hydrogen-bond donors (Lipinski definition) is 0. The first-order valence-corrected chi connectivity index (χ1v) is 6.95. The smallest absolute Gasteiger partial charge is 0.136 e. The largest absolute Gasteiger partial charge is 0.373 e. The van der Waals surface area contributed by atoms with Gasteiger partial charge in [-0.05, 0) is 46.5 Å². The van der Waals surface area contributed by atoms with Crippen LogP contribution < -0.4 is 0 Å². The summed E-state index contributed by atoms with van der Waals surface area (Å²) in [5.74, 6) is 0. The molecule has 2 aliphatic rings. The Balaban J connectivity index is 1.76. The second kappa shape index (κ2) is 4.85. The van der Waals surface area contributed by atoms with Crippen molar-refractivity contribution in [1.82, 2.24) is 4.90 Å². The number of ether oxygens (including phenoxy) is 1. The molecule has 2 nitrogen and oxygen atoms in total. The summed E-state index contributed by atoms with van der Waals surface area (Å²) in [5.41, 5.74) is -1.32. The molecular formula is C14H26FNO. The highest BCUT2D eigenvalue weighted by Crippen LogP contribution is 2.33. The number of piperidine rings is 1. The van der Waals surface area contributed by atoms with Crippen molar-refractivity contribution in [3.63, 3.8) is 0 Å². The van der Waals surface area contributed by atoms with E-state index in [0.29, 0.717) is 12.8 Å². The van der Waals surface area contributed by atoms with Gasteiger partial charge in [0.05, 0.1) is 12.2 Å². The van der Waals surface area contributed by atoms with Gasteiger partial charge in [-0.2, -0.15) is 0 Å². The average molecular weight is 243 g/mol. The molecule has 1 aliphatic carbocycles. The minimum atomic E-state index is -1.09. The molecule has 0 radical (unpaired) electrons. The molecule has 0 aromatic heterocycles. The third-order valence-corrected chi connectivity index (χ3v) is 4.05. The Kier molecular flexibility index (Phi) is 3.79. The molecule has 17 heavy (non-hydrogen) atoms. The quantitative estimate of drug-likeness (QED) is 0.755. The summed E-state index contributed by atoms with van der Waals surface area (Å²) < 4.78 is 20.1. The van der Waals surface area contributed by atoms with Crippen molar-refractivity contribution in [1.29, 1.82) is 0 Å². The Morgan fingerprint density at radius 3 is 2.24 bits per heavy atom. The van der Waals surface area contributed by atoms with Crippen molar-refractivity contribution in [2.24, 2.45) is 0 Å². The first-order chi connectivity index (χ1) is 7.88. The van der Waals surface area contributed by atoms with Crippen LogP contribution in [0.2, 0.25) is 0 Å². The van der Waals surface area contributed by atoms with Gasteiger partial charge >= 0.3 is 0 Å². The Hall–Kier alpha value is -0.150. The zero-order valence-corrected chi connectivity index (χ0v) is 11.5. The molecule has 0 N–H and O–H groups in total. The third kappa shape index (κ3) is 3.65. The van der Waals surface area contributed by atoms with E-state index < -0.39 is 5.67 Å². The summed E-state index contributed by atoms with van der Waals surface area (Å²) in [7, 11) is 0. The van der Waals surface area contributed by atoms with E-state index in [9.17, 15) is 4.39 Å². The lowest BCUT2D eigenvalue weighted by Gasteiger charge is -2.44. The van der Waals surface area contributed by atoms with Crippen LogP contribution in [0.25, 0.3) is 0 Å². The fraction of sp³-hybridized carbons (Fsp3) is 1.00. The van der Waals surface area contributed by atoms with E-state index in [0.717, 1.165) is 19.1 Å². The lowest BCUT2D eigenvalue weighted by Crippen LogP contribution is -2.50. The molecule has 0 spiro atoms. The molecule has 0 aromatic carbocycles. The van der Waals surface area contributed by atoms with Crippen LogP contribution in [0.1, 0.15) is 52.9 Å². The predicted octanol–water partition coefficient (Wildman–Crippen LogP) is 3.16. The molecule has 0 amide bonds. The van der Waals surface area contributed by atoms with Gasteiger partial charge in [0.25, 0.3) is 0 Å². The van der Waals surface area contributed by atoms with Crippen LogP contribution in [-0.4, -0.2) is 41.9 Å². The molecule has 0 bridgehead atoms. The highest BCUT2D eigenvalue weighted by Gasteiger charge is 2.38. The van der Waals surface area contributed by atoms with Crippen molar-refractivity contribution in [3.05, 3.63) is 0 Å². The first kappa shape index (κ1) is 13.3. The second-order valence-corrected chi connectivity index (χ2v) is 6.67. The van der Waals surface area contributed by atoms with Crippen LogP contribution in [0.15, 0.2) is 0 Å². The number of alkyl halides is 1. The molecule has 1 heterocycles. The molecule has 0 unspecified atom stereocenters. The van der Waals surface area contributed by atoms with E-state index in [-0.39, 0.29) is 12.2 Å².